The summed E-state index contributed by atoms with van der Waals surface area (Å²) in [5.74, 6) is -1.89. The zero-order chi connectivity index (χ0) is 30.2. The van der Waals surface area contributed by atoms with Crippen molar-refractivity contribution in [2.45, 2.75) is 45.3 Å². The third-order valence-corrected chi connectivity index (χ3v) is 8.89. The van der Waals surface area contributed by atoms with Crippen LogP contribution in [0.1, 0.15) is 31.4 Å². The second-order valence-corrected chi connectivity index (χ2v) is 12.4. The molecule has 0 aromatic heterocycles. The summed E-state index contributed by atoms with van der Waals surface area (Å²) >= 11 is 6.46. The fourth-order valence-corrected chi connectivity index (χ4v) is 5.42. The number of carbonyl (C=O) groups is 2. The summed E-state index contributed by atoms with van der Waals surface area (Å²) in [5.41, 5.74) is 1.10. The van der Waals surface area contributed by atoms with Gasteiger partial charge in [0.15, 0.2) is 0 Å². The van der Waals surface area contributed by atoms with Crippen molar-refractivity contribution in [3.63, 3.8) is 0 Å². The highest BCUT2D eigenvalue weighted by molar-refractivity contribution is 7.90. The number of amides is 2. The largest absolute Gasteiger partial charge is 0.352 e. The summed E-state index contributed by atoms with van der Waals surface area (Å²) < 4.78 is 43.2. The van der Waals surface area contributed by atoms with E-state index in [0.717, 1.165) is 20.2 Å². The Morgan fingerprint density at radius 3 is 2.17 bits per heavy atom. The minimum atomic E-state index is -4.30. The zero-order valence-corrected chi connectivity index (χ0v) is 25.2. The molecule has 11 heteroatoms. The van der Waals surface area contributed by atoms with Gasteiger partial charge in [-0.05, 0) is 42.7 Å². The van der Waals surface area contributed by atoms with E-state index < -0.39 is 40.4 Å². The number of hydrogen-bond acceptors (Lipinski definition) is 4. The summed E-state index contributed by atoms with van der Waals surface area (Å²) in [6, 6.07) is 20.3. The average Bonchev–Trinajstić information content (AvgIpc) is 2.95. The van der Waals surface area contributed by atoms with E-state index >= 15 is 0 Å². The SMILES string of the molecule is CCC(C)NC(=O)C(Cc1ccccc1)N(Cc1ccccc1Cl)C(=O)CN(c1ccccc1F)S(=O)(=O)N(C)C. The van der Waals surface area contributed by atoms with Gasteiger partial charge in [-0.1, -0.05) is 79.2 Å². The Morgan fingerprint density at radius 1 is 0.951 bits per heavy atom. The lowest BCUT2D eigenvalue weighted by molar-refractivity contribution is -0.140. The van der Waals surface area contributed by atoms with Crippen LogP contribution in [0, 0.1) is 5.82 Å². The smallest absolute Gasteiger partial charge is 0.304 e. The quantitative estimate of drug-likeness (QED) is 0.308. The number of rotatable bonds is 13. The number of nitrogens with zero attached hydrogens (tertiary/aromatic N) is 3. The lowest BCUT2D eigenvalue weighted by Crippen LogP contribution is -2.55. The summed E-state index contributed by atoms with van der Waals surface area (Å²) in [6.45, 7) is 2.98. The highest BCUT2D eigenvalue weighted by atomic mass is 35.5. The maximum Gasteiger partial charge on any atom is 0.304 e. The van der Waals surface area contributed by atoms with Gasteiger partial charge in [0, 0.05) is 38.1 Å². The molecular formula is C30H36ClFN4O4S. The molecule has 0 aliphatic carbocycles. The number of nitrogens with one attached hydrogen (secondary N) is 1. The van der Waals surface area contributed by atoms with E-state index in [1.807, 2.05) is 44.2 Å². The second kappa shape index (κ2) is 14.4. The van der Waals surface area contributed by atoms with Crippen LogP contribution in [0.5, 0.6) is 0 Å². The van der Waals surface area contributed by atoms with Gasteiger partial charge in [-0.15, -0.1) is 0 Å². The summed E-state index contributed by atoms with van der Waals surface area (Å²) in [7, 11) is -1.70. The predicted octanol–water partition coefficient (Wildman–Crippen LogP) is 4.65. The minimum absolute atomic E-state index is 0.0724. The lowest BCUT2D eigenvalue weighted by Gasteiger charge is -2.35. The Kier molecular flexibility index (Phi) is 11.3. The fraction of sp³-hybridized carbons (Fsp3) is 0.333. The molecule has 0 spiro atoms. The number of anilines is 1. The van der Waals surface area contributed by atoms with E-state index in [1.54, 1.807) is 24.3 Å². The maximum absolute atomic E-state index is 14.9. The number of carbonyl (C=O) groups excluding carboxylic acids is 2. The predicted molar refractivity (Wildman–Crippen MR) is 160 cm³/mol. The van der Waals surface area contributed by atoms with Crippen LogP contribution in [0.25, 0.3) is 0 Å². The van der Waals surface area contributed by atoms with Crippen molar-refractivity contribution in [3.8, 4) is 0 Å². The van der Waals surface area contributed by atoms with Crippen molar-refractivity contribution in [1.29, 1.82) is 0 Å². The molecule has 220 valence electrons. The Morgan fingerprint density at radius 2 is 1.56 bits per heavy atom. The third-order valence-electron chi connectivity index (χ3n) is 6.71. The highest BCUT2D eigenvalue weighted by Crippen LogP contribution is 2.25. The molecule has 0 heterocycles. The van der Waals surface area contributed by atoms with Crippen LogP contribution in [0.3, 0.4) is 0 Å². The number of hydrogen-bond donors (Lipinski definition) is 1. The van der Waals surface area contributed by atoms with E-state index in [-0.39, 0.29) is 24.7 Å². The van der Waals surface area contributed by atoms with Gasteiger partial charge in [-0.3, -0.25) is 9.59 Å². The van der Waals surface area contributed by atoms with Crippen molar-refractivity contribution >= 4 is 39.3 Å². The molecule has 3 aromatic rings. The van der Waals surface area contributed by atoms with Crippen LogP contribution in [0.15, 0.2) is 78.9 Å². The van der Waals surface area contributed by atoms with Crippen molar-refractivity contribution < 1.29 is 22.4 Å². The summed E-state index contributed by atoms with van der Waals surface area (Å²) in [5, 5.41) is 3.35. The average molecular weight is 603 g/mol. The van der Waals surface area contributed by atoms with Crippen LogP contribution in [-0.4, -0.2) is 62.2 Å². The van der Waals surface area contributed by atoms with E-state index in [0.29, 0.717) is 17.0 Å². The summed E-state index contributed by atoms with van der Waals surface area (Å²) in [6.07, 6.45) is 0.837. The molecule has 2 amide bonds. The molecule has 41 heavy (non-hydrogen) atoms. The molecule has 0 aliphatic rings. The van der Waals surface area contributed by atoms with Gasteiger partial charge in [0.05, 0.1) is 5.69 Å². The molecule has 0 aliphatic heterocycles. The van der Waals surface area contributed by atoms with Crippen molar-refractivity contribution in [1.82, 2.24) is 14.5 Å². The minimum Gasteiger partial charge on any atom is -0.352 e. The Hall–Kier alpha value is -3.47. The molecule has 0 saturated heterocycles. The standard InChI is InChI=1S/C30H36ClFN4O4S/c1-5-22(2)33-30(38)28(19-23-13-7-6-8-14-23)35(20-24-15-9-10-16-25(24)31)29(37)21-36(41(39,40)34(3)4)27-18-12-11-17-26(27)32/h6-18,22,28H,5,19-21H2,1-4H3,(H,33,38). The van der Waals surface area contributed by atoms with Crippen LogP contribution in [-0.2, 0) is 32.8 Å². The molecule has 3 rings (SSSR count). The molecule has 0 radical (unpaired) electrons. The third kappa shape index (κ3) is 8.28. The molecule has 0 fully saturated rings. The van der Waals surface area contributed by atoms with E-state index in [1.165, 1.54) is 37.2 Å². The molecule has 1 N–H and O–H groups in total. The van der Waals surface area contributed by atoms with Crippen LogP contribution >= 0.6 is 11.6 Å². The van der Waals surface area contributed by atoms with Gasteiger partial charge in [0.2, 0.25) is 11.8 Å². The van der Waals surface area contributed by atoms with Crippen molar-refractivity contribution in [3.05, 3.63) is 101 Å². The van der Waals surface area contributed by atoms with Gasteiger partial charge in [0.25, 0.3) is 0 Å². The number of para-hydroxylation sites is 1. The summed E-state index contributed by atoms with van der Waals surface area (Å²) in [4.78, 5) is 29.2. The topological polar surface area (TPSA) is 90.0 Å². The van der Waals surface area contributed by atoms with Gasteiger partial charge < -0.3 is 10.2 Å². The molecule has 2 atom stereocenters. The van der Waals surface area contributed by atoms with E-state index in [4.69, 9.17) is 11.6 Å². The fourth-order valence-electron chi connectivity index (χ4n) is 4.16. The monoisotopic (exact) mass is 602 g/mol. The molecule has 0 bridgehead atoms. The second-order valence-electron chi connectivity index (χ2n) is 9.88. The first-order valence-corrected chi connectivity index (χ1v) is 15.0. The van der Waals surface area contributed by atoms with Crippen molar-refractivity contribution in [2.24, 2.45) is 0 Å². The van der Waals surface area contributed by atoms with Gasteiger partial charge in [0.1, 0.15) is 18.4 Å². The van der Waals surface area contributed by atoms with E-state index in [9.17, 15) is 22.4 Å². The van der Waals surface area contributed by atoms with Crippen LogP contribution in [0.4, 0.5) is 10.1 Å². The Balaban J connectivity index is 2.12. The molecular weight excluding hydrogens is 567 g/mol. The van der Waals surface area contributed by atoms with Gasteiger partial charge in [-0.2, -0.15) is 12.7 Å². The van der Waals surface area contributed by atoms with Crippen LogP contribution in [0.2, 0.25) is 5.02 Å². The molecule has 3 aromatic carbocycles. The molecule has 0 saturated carbocycles. The molecule has 2 unspecified atom stereocenters. The van der Waals surface area contributed by atoms with Gasteiger partial charge >= 0.3 is 10.2 Å². The highest BCUT2D eigenvalue weighted by Gasteiger charge is 2.36. The van der Waals surface area contributed by atoms with Crippen molar-refractivity contribution in [2.75, 3.05) is 24.9 Å². The lowest BCUT2D eigenvalue weighted by atomic mass is 10.0. The first-order chi connectivity index (χ1) is 19.4. The molecule has 8 nitrogen and oxygen atoms in total. The van der Waals surface area contributed by atoms with E-state index in [2.05, 4.69) is 5.32 Å². The van der Waals surface area contributed by atoms with Gasteiger partial charge in [-0.25, -0.2) is 8.70 Å². The normalized spacial score (nSPS) is 13.0. The van der Waals surface area contributed by atoms with Crippen LogP contribution < -0.4 is 9.62 Å². The number of halogens is 2. The number of benzene rings is 3. The first-order valence-electron chi connectivity index (χ1n) is 13.3. The maximum atomic E-state index is 14.9. The first kappa shape index (κ1) is 32.0. The Bertz CT molecular complexity index is 1440. The zero-order valence-electron chi connectivity index (χ0n) is 23.6. The Labute approximate surface area is 246 Å².